The molecule has 0 saturated carbocycles. The highest BCUT2D eigenvalue weighted by Crippen LogP contribution is 2.40. The van der Waals surface area contributed by atoms with E-state index in [2.05, 4.69) is 155 Å². The highest BCUT2D eigenvalue weighted by Gasteiger charge is 2.16. The molecule has 1 heterocycles. The predicted molar refractivity (Wildman–Crippen MR) is 245 cm³/mol. The lowest BCUT2D eigenvalue weighted by atomic mass is 9.96. The van der Waals surface area contributed by atoms with Crippen LogP contribution in [0.4, 0.5) is 34.1 Å². The zero-order valence-corrected chi connectivity index (χ0v) is 33.3. The van der Waals surface area contributed by atoms with Crippen LogP contribution in [0.2, 0.25) is 5.02 Å². The third kappa shape index (κ3) is 7.78. The lowest BCUT2D eigenvalue weighted by Crippen LogP contribution is -2.09. The Morgan fingerprint density at radius 3 is 1.14 bits per heavy atom. The van der Waals surface area contributed by atoms with Gasteiger partial charge in [-0.1, -0.05) is 72.0 Å². The molecular formula is C53H38ClN3O2. The van der Waals surface area contributed by atoms with Crippen molar-refractivity contribution in [2.24, 2.45) is 0 Å². The highest BCUT2D eigenvalue weighted by atomic mass is 35.5. The molecule has 0 fully saturated rings. The molecule has 0 atom stereocenters. The molecule has 284 valence electrons. The van der Waals surface area contributed by atoms with E-state index in [9.17, 15) is 0 Å². The van der Waals surface area contributed by atoms with E-state index >= 15 is 0 Å². The lowest BCUT2D eigenvalue weighted by molar-refractivity contribution is 0.415. The number of pyridine rings is 1. The number of fused-ring (bicyclic) bond motifs is 2. The molecule has 6 heteroatoms. The zero-order chi connectivity index (χ0) is 40.1. The maximum absolute atomic E-state index is 6.35. The minimum absolute atomic E-state index is 0.688. The van der Waals surface area contributed by atoms with Crippen LogP contribution in [0.1, 0.15) is 11.1 Å². The number of benzene rings is 8. The Balaban J connectivity index is 0.997. The third-order valence-corrected chi connectivity index (χ3v) is 10.6. The van der Waals surface area contributed by atoms with Crippen LogP contribution in [0, 0.1) is 11.8 Å². The molecule has 0 saturated heterocycles. The van der Waals surface area contributed by atoms with Gasteiger partial charge in [0.05, 0.1) is 25.3 Å². The second-order valence-electron chi connectivity index (χ2n) is 14.0. The summed E-state index contributed by atoms with van der Waals surface area (Å²) in [6, 6.07) is 66.1. The number of aromatic nitrogens is 1. The van der Waals surface area contributed by atoms with Crippen LogP contribution in [0.5, 0.6) is 11.5 Å². The number of anilines is 6. The average molecular weight is 784 g/mol. The Labute approximate surface area is 349 Å². The van der Waals surface area contributed by atoms with Crippen molar-refractivity contribution in [3.63, 3.8) is 0 Å². The van der Waals surface area contributed by atoms with Crippen LogP contribution in [0.25, 0.3) is 32.9 Å². The van der Waals surface area contributed by atoms with Gasteiger partial charge in [0.2, 0.25) is 0 Å². The molecule has 0 aliphatic carbocycles. The summed E-state index contributed by atoms with van der Waals surface area (Å²) in [7, 11) is 3.35. The number of methoxy groups -OCH3 is 2. The first-order valence-electron chi connectivity index (χ1n) is 19.3. The third-order valence-electron chi connectivity index (χ3n) is 10.4. The van der Waals surface area contributed by atoms with E-state index in [1.807, 2.05) is 60.7 Å². The smallest absolute Gasteiger partial charge is 0.119 e. The van der Waals surface area contributed by atoms with Crippen molar-refractivity contribution in [2.75, 3.05) is 24.0 Å². The first-order valence-corrected chi connectivity index (χ1v) is 19.7. The Hall–Kier alpha value is -7.52. The number of nitrogens with zero attached hydrogens (tertiary/aromatic N) is 3. The van der Waals surface area contributed by atoms with Gasteiger partial charge in [-0.05, 0) is 151 Å². The lowest BCUT2D eigenvalue weighted by Gasteiger charge is -2.26. The Morgan fingerprint density at radius 2 is 0.746 bits per heavy atom. The minimum Gasteiger partial charge on any atom is -0.497 e. The van der Waals surface area contributed by atoms with Gasteiger partial charge in [0, 0.05) is 66.6 Å². The number of hydrogen-bond acceptors (Lipinski definition) is 5. The second-order valence-corrected chi connectivity index (χ2v) is 14.4. The quantitative estimate of drug-likeness (QED) is 0.108. The Morgan fingerprint density at radius 1 is 0.407 bits per heavy atom. The summed E-state index contributed by atoms with van der Waals surface area (Å²) in [5, 5.41) is 2.95. The molecule has 5 nitrogen and oxygen atoms in total. The second kappa shape index (κ2) is 16.5. The largest absolute Gasteiger partial charge is 0.497 e. The van der Waals surface area contributed by atoms with Gasteiger partial charge in [-0.3, -0.25) is 0 Å². The molecule has 9 rings (SSSR count). The minimum atomic E-state index is 0.688. The van der Waals surface area contributed by atoms with Gasteiger partial charge in [0.15, 0.2) is 0 Å². The van der Waals surface area contributed by atoms with Crippen molar-refractivity contribution >= 4 is 67.5 Å². The van der Waals surface area contributed by atoms with Crippen LogP contribution in [0.15, 0.2) is 194 Å². The number of rotatable bonds is 9. The van der Waals surface area contributed by atoms with Gasteiger partial charge in [-0.15, -0.1) is 0 Å². The van der Waals surface area contributed by atoms with Gasteiger partial charge in [-0.2, -0.15) is 0 Å². The highest BCUT2D eigenvalue weighted by molar-refractivity contribution is 6.30. The van der Waals surface area contributed by atoms with Crippen LogP contribution in [0.3, 0.4) is 0 Å². The maximum atomic E-state index is 6.35. The summed E-state index contributed by atoms with van der Waals surface area (Å²) in [4.78, 5) is 9.36. The fraction of sp³-hybridized carbons (Fsp3) is 0.0377. The molecule has 0 spiro atoms. The van der Waals surface area contributed by atoms with E-state index in [1.54, 1.807) is 14.2 Å². The molecule has 59 heavy (non-hydrogen) atoms. The van der Waals surface area contributed by atoms with Crippen LogP contribution in [-0.4, -0.2) is 19.2 Å². The van der Waals surface area contributed by atoms with E-state index in [0.29, 0.717) is 5.02 Å². The first kappa shape index (κ1) is 37.1. The fourth-order valence-corrected chi connectivity index (χ4v) is 7.53. The van der Waals surface area contributed by atoms with Crippen molar-refractivity contribution < 1.29 is 9.47 Å². The molecule has 1 aromatic heterocycles. The van der Waals surface area contributed by atoms with Gasteiger partial charge in [0.25, 0.3) is 0 Å². The zero-order valence-electron chi connectivity index (χ0n) is 32.5. The van der Waals surface area contributed by atoms with Crippen LogP contribution in [-0.2, 0) is 0 Å². The van der Waals surface area contributed by atoms with E-state index in [0.717, 1.165) is 84.1 Å². The van der Waals surface area contributed by atoms with Crippen molar-refractivity contribution in [1.29, 1.82) is 0 Å². The predicted octanol–water partition coefficient (Wildman–Crippen LogP) is 14.1. The standard InChI is InChI=1S/C53H38ClN3O2/c1-58-47-33-29-45(30-34-47)57(46-31-35-48(59-2)36-32-46)42-23-15-38(16-24-42)12-11-37-13-21-41(22-14-37)56(44-27-19-40(54)20-28-44)43-25-17-39(18-26-43)53-49-7-3-5-9-51(49)55-52-10-6-4-8-50(52)53/h3-10,13-36H,1-2H3. The molecule has 8 aromatic carbocycles. The topological polar surface area (TPSA) is 37.8 Å². The first-order chi connectivity index (χ1) is 29.0. The molecule has 0 unspecified atom stereocenters. The van der Waals surface area contributed by atoms with E-state index in [-0.39, 0.29) is 0 Å². The van der Waals surface area contributed by atoms with Crippen molar-refractivity contribution in [1.82, 2.24) is 4.98 Å². The number of para-hydroxylation sites is 2. The normalized spacial score (nSPS) is 10.8. The molecule has 0 aliphatic heterocycles. The molecule has 0 aliphatic rings. The van der Waals surface area contributed by atoms with Gasteiger partial charge < -0.3 is 19.3 Å². The number of hydrogen-bond donors (Lipinski definition) is 0. The van der Waals surface area contributed by atoms with Gasteiger partial charge in [0.1, 0.15) is 11.5 Å². The average Bonchev–Trinajstić information content (AvgIpc) is 3.30. The molecule has 0 radical (unpaired) electrons. The van der Waals surface area contributed by atoms with E-state index in [4.69, 9.17) is 26.1 Å². The summed E-state index contributed by atoms with van der Waals surface area (Å²) >= 11 is 6.35. The van der Waals surface area contributed by atoms with Gasteiger partial charge >= 0.3 is 0 Å². The van der Waals surface area contributed by atoms with Crippen molar-refractivity contribution in [3.8, 4) is 34.5 Å². The molecular weight excluding hydrogens is 746 g/mol. The summed E-state index contributed by atoms with van der Waals surface area (Å²) in [6.45, 7) is 0. The molecule has 0 bridgehead atoms. The van der Waals surface area contributed by atoms with Crippen molar-refractivity contribution in [3.05, 3.63) is 210 Å². The molecule has 0 N–H and O–H groups in total. The summed E-state index contributed by atoms with van der Waals surface area (Å²) in [5.74, 6) is 8.35. The number of halogens is 1. The summed E-state index contributed by atoms with van der Waals surface area (Å²) in [6.07, 6.45) is 0. The fourth-order valence-electron chi connectivity index (χ4n) is 7.41. The van der Waals surface area contributed by atoms with Crippen molar-refractivity contribution in [2.45, 2.75) is 0 Å². The monoisotopic (exact) mass is 783 g/mol. The summed E-state index contributed by atoms with van der Waals surface area (Å²) < 4.78 is 10.8. The Bertz CT molecular complexity index is 2840. The van der Waals surface area contributed by atoms with E-state index < -0.39 is 0 Å². The van der Waals surface area contributed by atoms with Crippen LogP contribution < -0.4 is 19.3 Å². The summed E-state index contributed by atoms with van der Waals surface area (Å²) in [5.41, 5.74) is 12.2. The Kier molecular flexibility index (Phi) is 10.4. The maximum Gasteiger partial charge on any atom is 0.119 e. The SMILES string of the molecule is COc1ccc(N(c2ccc(C#Cc3ccc(N(c4ccc(Cl)cc4)c4ccc(-c5c6ccccc6nc6ccccc56)cc4)cc3)cc2)c2ccc(OC)cc2)cc1. The van der Waals surface area contributed by atoms with Crippen LogP contribution >= 0.6 is 11.6 Å². The number of ether oxygens (including phenoxy) is 2. The van der Waals surface area contributed by atoms with Gasteiger partial charge in [-0.25, -0.2) is 4.98 Å². The molecule has 9 aromatic rings. The molecule has 0 amide bonds. The van der Waals surface area contributed by atoms with E-state index in [1.165, 1.54) is 5.56 Å².